The van der Waals surface area contributed by atoms with Gasteiger partial charge in [0.2, 0.25) is 11.6 Å². The summed E-state index contributed by atoms with van der Waals surface area (Å²) < 4.78 is 6.85. The van der Waals surface area contributed by atoms with Gasteiger partial charge in [0.25, 0.3) is 0 Å². The molecule has 0 saturated heterocycles. The summed E-state index contributed by atoms with van der Waals surface area (Å²) in [5.74, 6) is -1.18. The van der Waals surface area contributed by atoms with Gasteiger partial charge < -0.3 is 9.84 Å². The Bertz CT molecular complexity index is 843. The number of aromatic nitrogens is 4. The minimum absolute atomic E-state index is 0.00473. The van der Waals surface area contributed by atoms with E-state index in [2.05, 4.69) is 15.1 Å². The third-order valence-corrected chi connectivity index (χ3v) is 3.16. The highest BCUT2D eigenvalue weighted by molar-refractivity contribution is 5.94. The van der Waals surface area contributed by atoms with Crippen LogP contribution in [0.3, 0.4) is 0 Å². The average molecular weight is 298 g/mol. The first-order valence-corrected chi connectivity index (χ1v) is 6.78. The maximum Gasteiger partial charge on any atom is 0.360 e. The van der Waals surface area contributed by atoms with Crippen LogP contribution in [0, 0.1) is 0 Å². The quantitative estimate of drug-likeness (QED) is 0.793. The van der Waals surface area contributed by atoms with E-state index < -0.39 is 5.97 Å². The Morgan fingerprint density at radius 1 is 1.27 bits per heavy atom. The molecule has 7 heteroatoms. The highest BCUT2D eigenvalue weighted by Crippen LogP contribution is 2.27. The Balaban J connectivity index is 2.29. The van der Waals surface area contributed by atoms with Crippen molar-refractivity contribution in [2.75, 3.05) is 6.61 Å². The number of carboxylic acids is 1. The number of ether oxygens (including phenoxy) is 1. The second kappa shape index (κ2) is 5.44. The Morgan fingerprint density at radius 3 is 2.64 bits per heavy atom. The van der Waals surface area contributed by atoms with Gasteiger partial charge in [-0.2, -0.15) is 10.1 Å². The van der Waals surface area contributed by atoms with Crippen molar-refractivity contribution >= 4 is 17.1 Å². The second-order valence-electron chi connectivity index (χ2n) is 4.63. The number of benzene rings is 1. The van der Waals surface area contributed by atoms with E-state index in [9.17, 15) is 9.90 Å². The molecule has 3 rings (SSSR count). The summed E-state index contributed by atoms with van der Waals surface area (Å²) in [5, 5.41) is 13.7. The molecule has 0 unspecified atom stereocenters. The molecular weight excluding hydrogens is 284 g/mol. The Morgan fingerprint density at radius 2 is 2.00 bits per heavy atom. The molecule has 0 saturated carbocycles. The van der Waals surface area contributed by atoms with Gasteiger partial charge in [0.1, 0.15) is 11.2 Å². The second-order valence-corrected chi connectivity index (χ2v) is 4.63. The molecule has 0 radical (unpaired) electrons. The summed E-state index contributed by atoms with van der Waals surface area (Å²) in [5.41, 5.74) is 2.15. The van der Waals surface area contributed by atoms with Crippen LogP contribution in [0.25, 0.3) is 22.4 Å². The van der Waals surface area contributed by atoms with E-state index in [0.29, 0.717) is 23.5 Å². The van der Waals surface area contributed by atoms with E-state index in [4.69, 9.17) is 4.74 Å². The molecule has 0 amide bonds. The van der Waals surface area contributed by atoms with Crippen LogP contribution in [0.2, 0.25) is 0 Å². The summed E-state index contributed by atoms with van der Waals surface area (Å²) in [6.45, 7) is 2.07. The Hall–Kier alpha value is -2.96. The molecule has 0 aliphatic carbocycles. The minimum atomic E-state index is -1.18. The first kappa shape index (κ1) is 14.0. The Kier molecular flexibility index (Phi) is 3.46. The van der Waals surface area contributed by atoms with E-state index in [1.54, 1.807) is 18.7 Å². The number of carbonyl (C=O) groups is 1. The van der Waals surface area contributed by atoms with Gasteiger partial charge in [0, 0.05) is 12.6 Å². The molecule has 0 fully saturated rings. The predicted molar refractivity (Wildman–Crippen MR) is 79.9 cm³/mol. The van der Waals surface area contributed by atoms with Gasteiger partial charge in [-0.15, -0.1) is 0 Å². The third-order valence-electron chi connectivity index (χ3n) is 3.16. The van der Waals surface area contributed by atoms with Crippen molar-refractivity contribution in [1.82, 2.24) is 19.7 Å². The smallest absolute Gasteiger partial charge is 0.360 e. The molecule has 2 heterocycles. The number of hydrogen-bond donors (Lipinski definition) is 1. The lowest BCUT2D eigenvalue weighted by Gasteiger charge is -2.05. The molecule has 1 aromatic carbocycles. The van der Waals surface area contributed by atoms with Crippen molar-refractivity contribution in [3.05, 3.63) is 36.0 Å². The summed E-state index contributed by atoms with van der Waals surface area (Å²) in [6.07, 6.45) is 0. The molecule has 0 atom stereocenters. The standard InChI is InChI=1S/C15H14N4O3/c1-3-22-14-12(15(20)21)16-11-10(9-7-5-4-6-8-9)18-19(2)13(11)17-14/h4-8H,3H2,1-2H3,(H,20,21). The lowest BCUT2D eigenvalue weighted by Crippen LogP contribution is -2.08. The number of rotatable bonds is 4. The number of aromatic carboxylic acids is 1. The number of hydrogen-bond acceptors (Lipinski definition) is 5. The van der Waals surface area contributed by atoms with Gasteiger partial charge in [-0.25, -0.2) is 14.5 Å². The fourth-order valence-corrected chi connectivity index (χ4v) is 2.21. The van der Waals surface area contributed by atoms with Crippen LogP contribution in [0.5, 0.6) is 5.88 Å². The van der Waals surface area contributed by atoms with Gasteiger partial charge in [-0.05, 0) is 6.92 Å². The lowest BCUT2D eigenvalue weighted by atomic mass is 10.1. The molecule has 0 spiro atoms. The van der Waals surface area contributed by atoms with Crippen LogP contribution in [-0.4, -0.2) is 37.4 Å². The predicted octanol–water partition coefficient (Wildman–Crippen LogP) is 2.13. The molecule has 1 N–H and O–H groups in total. The van der Waals surface area contributed by atoms with Crippen molar-refractivity contribution in [3.8, 4) is 17.1 Å². The molecule has 22 heavy (non-hydrogen) atoms. The van der Waals surface area contributed by atoms with Crippen LogP contribution in [0.4, 0.5) is 0 Å². The SMILES string of the molecule is CCOc1nc2c(nc1C(=O)O)c(-c1ccccc1)nn2C. The zero-order valence-electron chi connectivity index (χ0n) is 12.1. The van der Waals surface area contributed by atoms with E-state index in [-0.39, 0.29) is 11.6 Å². The molecule has 112 valence electrons. The highest BCUT2D eigenvalue weighted by atomic mass is 16.5. The zero-order chi connectivity index (χ0) is 15.7. The molecule has 7 nitrogen and oxygen atoms in total. The molecule has 2 aromatic heterocycles. The summed E-state index contributed by atoms with van der Waals surface area (Å²) in [7, 11) is 1.74. The number of carboxylic acid groups (broad SMARTS) is 1. The van der Waals surface area contributed by atoms with Crippen LogP contribution in [-0.2, 0) is 7.05 Å². The monoisotopic (exact) mass is 298 g/mol. The normalized spacial score (nSPS) is 10.8. The lowest BCUT2D eigenvalue weighted by molar-refractivity contribution is 0.0685. The van der Waals surface area contributed by atoms with E-state index >= 15 is 0 Å². The first-order valence-electron chi connectivity index (χ1n) is 6.78. The fraction of sp³-hybridized carbons (Fsp3) is 0.200. The largest absolute Gasteiger partial charge is 0.476 e. The topological polar surface area (TPSA) is 90.1 Å². The molecule has 0 aliphatic rings. The maximum atomic E-state index is 11.4. The molecule has 0 aliphatic heterocycles. The third kappa shape index (κ3) is 2.26. The van der Waals surface area contributed by atoms with Crippen molar-refractivity contribution in [2.45, 2.75) is 6.92 Å². The minimum Gasteiger partial charge on any atom is -0.476 e. The van der Waals surface area contributed by atoms with Crippen molar-refractivity contribution < 1.29 is 14.6 Å². The van der Waals surface area contributed by atoms with Crippen LogP contribution >= 0.6 is 0 Å². The van der Waals surface area contributed by atoms with Crippen LogP contribution in [0.1, 0.15) is 17.4 Å². The summed E-state index contributed by atoms with van der Waals surface area (Å²) >= 11 is 0. The fourth-order valence-electron chi connectivity index (χ4n) is 2.21. The maximum absolute atomic E-state index is 11.4. The van der Waals surface area contributed by atoms with Gasteiger partial charge in [0.05, 0.1) is 6.61 Å². The number of nitrogens with zero attached hydrogens (tertiary/aromatic N) is 4. The van der Waals surface area contributed by atoms with Gasteiger partial charge >= 0.3 is 5.97 Å². The molecule has 0 bridgehead atoms. The number of aryl methyl sites for hydroxylation is 1. The summed E-state index contributed by atoms with van der Waals surface area (Å²) in [6, 6.07) is 9.45. The van der Waals surface area contributed by atoms with Gasteiger partial charge in [-0.3, -0.25) is 0 Å². The van der Waals surface area contributed by atoms with E-state index in [1.165, 1.54) is 0 Å². The molecular formula is C15H14N4O3. The highest BCUT2D eigenvalue weighted by Gasteiger charge is 2.21. The van der Waals surface area contributed by atoms with Crippen molar-refractivity contribution in [3.63, 3.8) is 0 Å². The Labute approximate surface area is 126 Å². The number of fused-ring (bicyclic) bond motifs is 1. The summed E-state index contributed by atoms with van der Waals surface area (Å²) in [4.78, 5) is 19.9. The molecule has 3 aromatic rings. The van der Waals surface area contributed by atoms with E-state index in [0.717, 1.165) is 5.56 Å². The van der Waals surface area contributed by atoms with Gasteiger partial charge in [0.15, 0.2) is 5.65 Å². The van der Waals surface area contributed by atoms with Gasteiger partial charge in [-0.1, -0.05) is 30.3 Å². The first-order chi connectivity index (χ1) is 10.6. The average Bonchev–Trinajstić information content (AvgIpc) is 2.84. The van der Waals surface area contributed by atoms with E-state index in [1.807, 2.05) is 30.3 Å². The van der Waals surface area contributed by atoms with Crippen LogP contribution in [0.15, 0.2) is 30.3 Å². The zero-order valence-corrected chi connectivity index (χ0v) is 12.1. The van der Waals surface area contributed by atoms with Crippen molar-refractivity contribution in [2.24, 2.45) is 7.05 Å². The van der Waals surface area contributed by atoms with Crippen molar-refractivity contribution in [1.29, 1.82) is 0 Å². The van der Waals surface area contributed by atoms with Crippen LogP contribution < -0.4 is 4.74 Å².